The van der Waals surface area contributed by atoms with E-state index in [0.29, 0.717) is 17.1 Å². The molecule has 0 aromatic carbocycles. The van der Waals surface area contributed by atoms with Crippen molar-refractivity contribution < 1.29 is 4.74 Å². The summed E-state index contributed by atoms with van der Waals surface area (Å²) in [5.74, 6) is 0. The van der Waals surface area contributed by atoms with Crippen molar-refractivity contribution in [2.24, 2.45) is 5.73 Å². The van der Waals surface area contributed by atoms with E-state index >= 15 is 0 Å². The van der Waals surface area contributed by atoms with Gasteiger partial charge in [-0.1, -0.05) is 37.9 Å². The monoisotopic (exact) mass is 296 g/mol. The van der Waals surface area contributed by atoms with Gasteiger partial charge in [-0.2, -0.15) is 0 Å². The molecule has 0 aromatic heterocycles. The maximum atomic E-state index is 6.46. The summed E-state index contributed by atoms with van der Waals surface area (Å²) in [6, 6.07) is 0.681. The van der Waals surface area contributed by atoms with Crippen LogP contribution in [0.15, 0.2) is 0 Å². The molecule has 0 aromatic rings. The van der Waals surface area contributed by atoms with E-state index in [0.717, 1.165) is 13.1 Å². The van der Waals surface area contributed by atoms with Crippen molar-refractivity contribution >= 4 is 17.2 Å². The first-order valence-electron chi connectivity index (χ1n) is 8.37. The van der Waals surface area contributed by atoms with Gasteiger partial charge < -0.3 is 10.5 Å². The number of nitrogens with two attached hydrogens (primary N) is 1. The Morgan fingerprint density at radius 1 is 1.10 bits per heavy atom. The molecule has 2 N–H and O–H groups in total. The molecule has 1 spiro atoms. The van der Waals surface area contributed by atoms with Crippen molar-refractivity contribution in [3.8, 4) is 0 Å². The lowest BCUT2D eigenvalue weighted by Gasteiger charge is -2.32. The third-order valence-electron chi connectivity index (χ3n) is 5.49. The number of hydrogen-bond donors (Lipinski definition) is 1. The first-order chi connectivity index (χ1) is 9.67. The molecule has 4 heteroatoms. The lowest BCUT2D eigenvalue weighted by Crippen LogP contribution is -2.44. The molecule has 1 aliphatic heterocycles. The molecular weight excluding hydrogens is 268 g/mol. The van der Waals surface area contributed by atoms with Crippen LogP contribution < -0.4 is 5.73 Å². The second-order valence-electron chi connectivity index (χ2n) is 7.00. The average Bonchev–Trinajstić information content (AvgIpc) is 3.13. The summed E-state index contributed by atoms with van der Waals surface area (Å²) >= 11 is 5.14. The second kappa shape index (κ2) is 6.29. The van der Waals surface area contributed by atoms with Crippen molar-refractivity contribution in [1.29, 1.82) is 0 Å². The van der Waals surface area contributed by atoms with E-state index in [1.807, 2.05) is 0 Å². The number of thiocarbonyl (C=S) groups is 1. The molecule has 3 aliphatic rings. The summed E-state index contributed by atoms with van der Waals surface area (Å²) in [6.07, 6.45) is 13.5. The molecule has 1 saturated heterocycles. The Kier molecular flexibility index (Phi) is 4.63. The molecular formula is C16H28N2OS. The minimum Gasteiger partial charge on any atom is -0.392 e. The van der Waals surface area contributed by atoms with E-state index in [4.69, 9.17) is 22.7 Å². The zero-order valence-electron chi connectivity index (χ0n) is 12.5. The van der Waals surface area contributed by atoms with Crippen LogP contribution in [0.25, 0.3) is 0 Å². The smallest absolute Gasteiger partial charge is 0.0870 e. The second-order valence-corrected chi connectivity index (χ2v) is 7.53. The number of hydrogen-bond acceptors (Lipinski definition) is 3. The van der Waals surface area contributed by atoms with Gasteiger partial charge in [0.1, 0.15) is 0 Å². The highest BCUT2D eigenvalue weighted by Crippen LogP contribution is 2.43. The molecule has 0 amide bonds. The number of rotatable bonds is 5. The van der Waals surface area contributed by atoms with Crippen LogP contribution in [0.3, 0.4) is 0 Å². The Hall–Kier alpha value is -0.190. The molecule has 0 radical (unpaired) electrons. The predicted octanol–water partition coefficient (Wildman–Crippen LogP) is 3.01. The van der Waals surface area contributed by atoms with Gasteiger partial charge in [0, 0.05) is 19.1 Å². The van der Waals surface area contributed by atoms with E-state index in [1.54, 1.807) is 0 Å². The van der Waals surface area contributed by atoms with Crippen molar-refractivity contribution in [1.82, 2.24) is 4.90 Å². The fraction of sp³-hybridized carbons (Fsp3) is 0.938. The fourth-order valence-electron chi connectivity index (χ4n) is 4.49. The molecule has 2 saturated carbocycles. The normalized spacial score (nSPS) is 29.8. The molecule has 1 unspecified atom stereocenters. The number of nitrogens with zero attached hydrogens (tertiary/aromatic N) is 1. The summed E-state index contributed by atoms with van der Waals surface area (Å²) in [5.41, 5.74) is 6.05. The van der Waals surface area contributed by atoms with Crippen LogP contribution >= 0.6 is 12.2 Å². The minimum atomic E-state index is 0.245. The first-order valence-corrected chi connectivity index (χ1v) is 8.78. The highest BCUT2D eigenvalue weighted by atomic mass is 32.1. The summed E-state index contributed by atoms with van der Waals surface area (Å²) in [6.45, 7) is 1.80. The molecule has 1 atom stereocenters. The Morgan fingerprint density at radius 2 is 1.80 bits per heavy atom. The van der Waals surface area contributed by atoms with E-state index in [2.05, 4.69) is 4.90 Å². The topological polar surface area (TPSA) is 38.5 Å². The van der Waals surface area contributed by atoms with Gasteiger partial charge in [-0.15, -0.1) is 0 Å². The highest BCUT2D eigenvalue weighted by Gasteiger charge is 2.42. The minimum absolute atomic E-state index is 0.245. The largest absolute Gasteiger partial charge is 0.392 e. The Morgan fingerprint density at radius 3 is 2.45 bits per heavy atom. The summed E-state index contributed by atoms with van der Waals surface area (Å²) in [4.78, 5) is 3.14. The van der Waals surface area contributed by atoms with E-state index in [9.17, 15) is 0 Å². The third kappa shape index (κ3) is 3.34. The molecule has 3 nitrogen and oxygen atoms in total. The van der Waals surface area contributed by atoms with Crippen molar-refractivity contribution in [3.05, 3.63) is 0 Å². The Balaban J connectivity index is 1.57. The number of ether oxygens (including phenoxy) is 1. The van der Waals surface area contributed by atoms with Crippen LogP contribution in [-0.2, 0) is 4.74 Å². The molecule has 0 bridgehead atoms. The van der Waals surface area contributed by atoms with Gasteiger partial charge in [0.05, 0.1) is 16.7 Å². The average molecular weight is 296 g/mol. The SMILES string of the molecule is NC(=S)CN(CC1CCC2(CCCC2)O1)C1CCCC1. The molecule has 3 fully saturated rings. The molecule has 1 heterocycles. The lowest BCUT2D eigenvalue weighted by molar-refractivity contribution is -0.0494. The molecule has 114 valence electrons. The van der Waals surface area contributed by atoms with Gasteiger partial charge >= 0.3 is 0 Å². The highest BCUT2D eigenvalue weighted by molar-refractivity contribution is 7.80. The van der Waals surface area contributed by atoms with Crippen LogP contribution in [-0.4, -0.2) is 40.7 Å². The van der Waals surface area contributed by atoms with Crippen molar-refractivity contribution in [2.45, 2.75) is 82.0 Å². The maximum Gasteiger partial charge on any atom is 0.0870 e. The Bertz CT molecular complexity index is 348. The van der Waals surface area contributed by atoms with Gasteiger partial charge in [-0.25, -0.2) is 0 Å². The van der Waals surface area contributed by atoms with Crippen LogP contribution in [0.5, 0.6) is 0 Å². The van der Waals surface area contributed by atoms with E-state index < -0.39 is 0 Å². The summed E-state index contributed by atoms with van der Waals surface area (Å²) < 4.78 is 6.46. The van der Waals surface area contributed by atoms with Crippen LogP contribution in [0.2, 0.25) is 0 Å². The van der Waals surface area contributed by atoms with Crippen LogP contribution in [0.4, 0.5) is 0 Å². The molecule has 3 rings (SSSR count). The quantitative estimate of drug-likeness (QED) is 0.792. The maximum absolute atomic E-state index is 6.46. The summed E-state index contributed by atoms with van der Waals surface area (Å²) in [5, 5.41) is 0. The Labute approximate surface area is 128 Å². The van der Waals surface area contributed by atoms with Gasteiger partial charge in [0.15, 0.2) is 0 Å². The fourth-order valence-corrected chi connectivity index (χ4v) is 4.65. The first kappa shape index (κ1) is 14.7. The van der Waals surface area contributed by atoms with Crippen molar-refractivity contribution in [3.63, 3.8) is 0 Å². The standard InChI is InChI=1S/C16H28N2OS/c17-15(20)12-18(13-5-1-2-6-13)11-14-7-10-16(19-14)8-3-4-9-16/h13-14H,1-12H2,(H2,17,20). The van der Waals surface area contributed by atoms with Crippen molar-refractivity contribution in [2.75, 3.05) is 13.1 Å². The predicted molar refractivity (Wildman–Crippen MR) is 85.9 cm³/mol. The van der Waals surface area contributed by atoms with E-state index in [1.165, 1.54) is 64.2 Å². The van der Waals surface area contributed by atoms with Gasteiger partial charge in [0.25, 0.3) is 0 Å². The summed E-state index contributed by atoms with van der Waals surface area (Å²) in [7, 11) is 0. The molecule has 20 heavy (non-hydrogen) atoms. The van der Waals surface area contributed by atoms with Gasteiger partial charge in [-0.3, -0.25) is 4.90 Å². The third-order valence-corrected chi connectivity index (χ3v) is 5.62. The lowest BCUT2D eigenvalue weighted by atomic mass is 9.98. The molecule has 2 aliphatic carbocycles. The van der Waals surface area contributed by atoms with E-state index in [-0.39, 0.29) is 5.60 Å². The van der Waals surface area contributed by atoms with Gasteiger partial charge in [-0.05, 0) is 38.5 Å². The van der Waals surface area contributed by atoms with Crippen LogP contribution in [0, 0.1) is 0 Å². The van der Waals surface area contributed by atoms with Crippen LogP contribution in [0.1, 0.15) is 64.2 Å². The zero-order valence-corrected chi connectivity index (χ0v) is 13.3. The zero-order chi connectivity index (χ0) is 14.0. The van der Waals surface area contributed by atoms with Gasteiger partial charge in [0.2, 0.25) is 0 Å².